The largest absolute Gasteiger partial charge is 0.491 e. The summed E-state index contributed by atoms with van der Waals surface area (Å²) in [7, 11) is 1.66. The number of rotatable bonds is 8. The summed E-state index contributed by atoms with van der Waals surface area (Å²) >= 11 is 0. The number of pyridine rings is 2. The second-order valence-electron chi connectivity index (χ2n) is 7.70. The van der Waals surface area contributed by atoms with E-state index in [0.717, 1.165) is 52.4 Å². The van der Waals surface area contributed by atoms with Crippen molar-refractivity contribution in [1.82, 2.24) is 19.7 Å². The molecule has 7 nitrogen and oxygen atoms in total. The van der Waals surface area contributed by atoms with Gasteiger partial charge in [0.25, 0.3) is 0 Å². The van der Waals surface area contributed by atoms with E-state index < -0.39 is 0 Å². The molecule has 0 aliphatic carbocycles. The zero-order chi connectivity index (χ0) is 21.0. The van der Waals surface area contributed by atoms with Crippen molar-refractivity contribution in [3.8, 4) is 22.9 Å². The van der Waals surface area contributed by atoms with Crippen molar-refractivity contribution in [3.05, 3.63) is 54.9 Å². The predicted octanol–water partition coefficient (Wildman–Crippen LogP) is 3.71. The molecule has 4 heterocycles. The van der Waals surface area contributed by atoms with Gasteiger partial charge in [0, 0.05) is 30.8 Å². The maximum atomic E-state index is 6.15. The highest BCUT2D eigenvalue weighted by Gasteiger charge is 2.16. The third-order valence-electron chi connectivity index (χ3n) is 5.59. The first-order chi connectivity index (χ1) is 15.3. The molecule has 1 aliphatic heterocycles. The lowest BCUT2D eigenvalue weighted by molar-refractivity contribution is 0.146. The number of nitrogens with zero attached hydrogens (tertiary/aromatic N) is 3. The van der Waals surface area contributed by atoms with Crippen molar-refractivity contribution >= 4 is 16.6 Å². The summed E-state index contributed by atoms with van der Waals surface area (Å²) in [6.07, 6.45) is 6.16. The molecule has 0 spiro atoms. The molecule has 3 aromatic heterocycles. The van der Waals surface area contributed by atoms with E-state index in [0.29, 0.717) is 25.9 Å². The van der Waals surface area contributed by atoms with Crippen LogP contribution in [-0.2, 0) is 4.74 Å². The van der Waals surface area contributed by atoms with Crippen molar-refractivity contribution in [2.75, 3.05) is 33.5 Å². The summed E-state index contributed by atoms with van der Waals surface area (Å²) in [4.78, 5) is 9.49. The second-order valence-corrected chi connectivity index (χ2v) is 7.70. The zero-order valence-corrected chi connectivity index (χ0v) is 17.6. The number of para-hydroxylation sites is 1. The zero-order valence-electron chi connectivity index (χ0n) is 17.6. The third kappa shape index (κ3) is 4.19. The van der Waals surface area contributed by atoms with Gasteiger partial charge in [-0.15, -0.1) is 0 Å². The van der Waals surface area contributed by atoms with Crippen LogP contribution in [0, 0.1) is 0 Å². The molecule has 1 aromatic carbocycles. The standard InChI is InChI=1S/C24H26N4O3/c1-29-12-13-30-19-9-11-28-21(15-26-23(28)14-19)20-8-7-17-4-2-6-22(24(17)27-20)31-16-18-5-3-10-25-18/h2,4,6-9,11,14-15,18,25H,3,5,10,12-13,16H2,1H3/t18-/m1/s1. The van der Waals surface area contributed by atoms with Gasteiger partial charge in [-0.05, 0) is 37.6 Å². The van der Waals surface area contributed by atoms with Crippen molar-refractivity contribution in [1.29, 1.82) is 0 Å². The van der Waals surface area contributed by atoms with Crippen LogP contribution in [0.2, 0.25) is 0 Å². The van der Waals surface area contributed by atoms with Crippen molar-refractivity contribution in [3.63, 3.8) is 0 Å². The molecule has 0 radical (unpaired) electrons. The third-order valence-corrected chi connectivity index (χ3v) is 5.59. The van der Waals surface area contributed by atoms with Crippen LogP contribution in [0.5, 0.6) is 11.5 Å². The normalized spacial score (nSPS) is 16.2. The molecule has 0 bridgehead atoms. The number of fused-ring (bicyclic) bond motifs is 2. The van der Waals surface area contributed by atoms with Gasteiger partial charge in [-0.1, -0.05) is 18.2 Å². The highest BCUT2D eigenvalue weighted by atomic mass is 16.5. The lowest BCUT2D eigenvalue weighted by Crippen LogP contribution is -2.28. The molecule has 1 aliphatic rings. The average molecular weight is 418 g/mol. The Morgan fingerprint density at radius 1 is 1.13 bits per heavy atom. The molecule has 1 fully saturated rings. The summed E-state index contributed by atoms with van der Waals surface area (Å²) in [5, 5.41) is 4.53. The maximum Gasteiger partial charge on any atom is 0.145 e. The minimum Gasteiger partial charge on any atom is -0.491 e. The number of hydrogen-bond acceptors (Lipinski definition) is 6. The quantitative estimate of drug-likeness (QED) is 0.440. The average Bonchev–Trinajstić information content (AvgIpc) is 3.47. The molecular formula is C24H26N4O3. The number of benzene rings is 1. The Labute approximate surface area is 181 Å². The van der Waals surface area contributed by atoms with Crippen LogP contribution in [-0.4, -0.2) is 53.9 Å². The highest BCUT2D eigenvalue weighted by molar-refractivity contribution is 5.86. The molecular weight excluding hydrogens is 392 g/mol. The monoisotopic (exact) mass is 418 g/mol. The topological polar surface area (TPSA) is 69.9 Å². The molecule has 31 heavy (non-hydrogen) atoms. The van der Waals surface area contributed by atoms with Crippen molar-refractivity contribution in [2.45, 2.75) is 18.9 Å². The Hall–Kier alpha value is -3.16. The Balaban J connectivity index is 1.44. The number of ether oxygens (including phenoxy) is 3. The van der Waals surface area contributed by atoms with Crippen molar-refractivity contribution in [2.24, 2.45) is 0 Å². The van der Waals surface area contributed by atoms with E-state index in [9.17, 15) is 0 Å². The number of imidazole rings is 1. The van der Waals surface area contributed by atoms with E-state index in [-0.39, 0.29) is 0 Å². The van der Waals surface area contributed by atoms with E-state index >= 15 is 0 Å². The van der Waals surface area contributed by atoms with Crippen LogP contribution in [0.1, 0.15) is 12.8 Å². The molecule has 1 N–H and O–H groups in total. The van der Waals surface area contributed by atoms with Gasteiger partial charge in [0.1, 0.15) is 35.9 Å². The highest BCUT2D eigenvalue weighted by Crippen LogP contribution is 2.29. The number of nitrogens with one attached hydrogen (secondary N) is 1. The molecule has 5 rings (SSSR count). The molecule has 160 valence electrons. The Kier molecular flexibility index (Phi) is 5.69. The maximum absolute atomic E-state index is 6.15. The number of aromatic nitrogens is 3. The molecule has 7 heteroatoms. The lowest BCUT2D eigenvalue weighted by Gasteiger charge is -2.14. The fourth-order valence-electron chi connectivity index (χ4n) is 3.95. The first kappa shape index (κ1) is 19.8. The smallest absolute Gasteiger partial charge is 0.145 e. The molecule has 1 saturated heterocycles. The van der Waals surface area contributed by atoms with E-state index in [1.807, 2.05) is 47.1 Å². The van der Waals surface area contributed by atoms with Gasteiger partial charge in [0.15, 0.2) is 0 Å². The Bertz CT molecular complexity index is 1180. The van der Waals surface area contributed by atoms with E-state index in [1.54, 1.807) is 7.11 Å². The predicted molar refractivity (Wildman–Crippen MR) is 120 cm³/mol. The van der Waals surface area contributed by atoms with Gasteiger partial charge in [-0.2, -0.15) is 0 Å². The fourth-order valence-corrected chi connectivity index (χ4v) is 3.95. The van der Waals surface area contributed by atoms with Crippen LogP contribution in [0.15, 0.2) is 54.9 Å². The second kappa shape index (κ2) is 8.91. The molecule has 1 atom stereocenters. The SMILES string of the molecule is COCCOc1ccn2c(-c3ccc4cccc(OC[C@H]5CCCN5)c4n3)cnc2c1. The number of hydrogen-bond donors (Lipinski definition) is 1. The van der Waals surface area contributed by atoms with Crippen LogP contribution < -0.4 is 14.8 Å². The van der Waals surface area contributed by atoms with Crippen LogP contribution in [0.4, 0.5) is 0 Å². The van der Waals surface area contributed by atoms with Crippen LogP contribution in [0.25, 0.3) is 27.9 Å². The van der Waals surface area contributed by atoms with E-state index in [2.05, 4.69) is 22.4 Å². The molecule has 0 unspecified atom stereocenters. The van der Waals surface area contributed by atoms with Crippen LogP contribution in [0.3, 0.4) is 0 Å². The molecule has 0 saturated carbocycles. The first-order valence-corrected chi connectivity index (χ1v) is 10.7. The Morgan fingerprint density at radius 2 is 2.10 bits per heavy atom. The van der Waals surface area contributed by atoms with Crippen LogP contribution >= 0.6 is 0 Å². The van der Waals surface area contributed by atoms with E-state index in [4.69, 9.17) is 19.2 Å². The van der Waals surface area contributed by atoms with Gasteiger partial charge < -0.3 is 19.5 Å². The lowest BCUT2D eigenvalue weighted by atomic mass is 10.1. The van der Waals surface area contributed by atoms with Gasteiger partial charge in [-0.25, -0.2) is 9.97 Å². The first-order valence-electron chi connectivity index (χ1n) is 10.7. The summed E-state index contributed by atoms with van der Waals surface area (Å²) in [6, 6.07) is 14.4. The fraction of sp³-hybridized carbons (Fsp3) is 0.333. The van der Waals surface area contributed by atoms with Gasteiger partial charge in [-0.3, -0.25) is 4.40 Å². The molecule has 0 amide bonds. The summed E-state index contributed by atoms with van der Waals surface area (Å²) in [5.74, 6) is 1.58. The summed E-state index contributed by atoms with van der Waals surface area (Å²) in [5.41, 5.74) is 3.45. The number of methoxy groups -OCH3 is 1. The van der Waals surface area contributed by atoms with Gasteiger partial charge in [0.05, 0.1) is 24.2 Å². The summed E-state index contributed by atoms with van der Waals surface area (Å²) < 4.78 is 18.9. The van der Waals surface area contributed by atoms with E-state index in [1.165, 1.54) is 6.42 Å². The molecule has 4 aromatic rings. The summed E-state index contributed by atoms with van der Waals surface area (Å²) in [6.45, 7) is 2.78. The van der Waals surface area contributed by atoms with Crippen molar-refractivity contribution < 1.29 is 14.2 Å². The van der Waals surface area contributed by atoms with Gasteiger partial charge >= 0.3 is 0 Å². The minimum atomic E-state index is 0.414. The minimum absolute atomic E-state index is 0.414. The van der Waals surface area contributed by atoms with Gasteiger partial charge in [0.2, 0.25) is 0 Å². The Morgan fingerprint density at radius 3 is 2.97 bits per heavy atom.